The van der Waals surface area contributed by atoms with Gasteiger partial charge in [0.05, 0.1) is 10.6 Å². The summed E-state index contributed by atoms with van der Waals surface area (Å²) in [5.41, 5.74) is 0.271. The SMILES string of the molecule is C=CCS(=O)(=O)C(C)C(=O)Nc1ccc(S(N)(=O)=O)cc1. The summed E-state index contributed by atoms with van der Waals surface area (Å²) in [6.07, 6.45) is 1.21. The van der Waals surface area contributed by atoms with Crippen LogP contribution in [0.25, 0.3) is 0 Å². The lowest BCUT2D eigenvalue weighted by Crippen LogP contribution is -2.33. The number of hydrogen-bond donors (Lipinski definition) is 2. The van der Waals surface area contributed by atoms with Crippen molar-refractivity contribution in [3.8, 4) is 0 Å². The smallest absolute Gasteiger partial charge is 0.242 e. The van der Waals surface area contributed by atoms with Gasteiger partial charge in [0.2, 0.25) is 15.9 Å². The Balaban J connectivity index is 2.87. The lowest BCUT2D eigenvalue weighted by atomic mass is 10.3. The highest BCUT2D eigenvalue weighted by Crippen LogP contribution is 2.14. The van der Waals surface area contributed by atoms with Gasteiger partial charge in [0, 0.05) is 5.69 Å². The van der Waals surface area contributed by atoms with Crippen molar-refractivity contribution in [2.75, 3.05) is 11.1 Å². The van der Waals surface area contributed by atoms with Crippen LogP contribution in [0.4, 0.5) is 5.69 Å². The maximum atomic E-state index is 11.8. The number of rotatable bonds is 6. The molecule has 7 nitrogen and oxygen atoms in total. The number of carbonyl (C=O) groups is 1. The molecule has 1 rings (SSSR count). The third-order valence-corrected chi connectivity index (χ3v) is 5.63. The highest BCUT2D eigenvalue weighted by atomic mass is 32.2. The first-order valence-electron chi connectivity index (χ1n) is 5.84. The van der Waals surface area contributed by atoms with Crippen molar-refractivity contribution < 1.29 is 21.6 Å². The van der Waals surface area contributed by atoms with Crippen molar-refractivity contribution in [2.24, 2.45) is 5.14 Å². The van der Waals surface area contributed by atoms with Crippen LogP contribution in [0.3, 0.4) is 0 Å². The molecular weight excluding hydrogens is 316 g/mol. The maximum absolute atomic E-state index is 11.8. The van der Waals surface area contributed by atoms with Gasteiger partial charge in [-0.05, 0) is 31.2 Å². The molecule has 0 spiro atoms. The van der Waals surface area contributed by atoms with Gasteiger partial charge < -0.3 is 5.32 Å². The number of anilines is 1. The first kappa shape index (κ1) is 17.3. The minimum Gasteiger partial charge on any atom is -0.325 e. The number of carbonyl (C=O) groups excluding carboxylic acids is 1. The van der Waals surface area contributed by atoms with Gasteiger partial charge in [-0.3, -0.25) is 4.79 Å². The van der Waals surface area contributed by atoms with E-state index < -0.39 is 31.0 Å². The summed E-state index contributed by atoms with van der Waals surface area (Å²) in [6.45, 7) is 4.60. The molecule has 1 aromatic carbocycles. The second-order valence-corrected chi connectivity index (χ2v) is 8.25. The van der Waals surface area contributed by atoms with E-state index in [0.717, 1.165) is 0 Å². The molecule has 1 aromatic rings. The lowest BCUT2D eigenvalue weighted by molar-refractivity contribution is -0.115. The minimum atomic E-state index is -3.81. The third kappa shape index (κ3) is 4.66. The Morgan fingerprint density at radius 1 is 1.29 bits per heavy atom. The van der Waals surface area contributed by atoms with Crippen molar-refractivity contribution in [2.45, 2.75) is 17.1 Å². The fourth-order valence-electron chi connectivity index (χ4n) is 1.44. The number of primary sulfonamides is 1. The number of sulfone groups is 1. The first-order valence-corrected chi connectivity index (χ1v) is 9.10. The fraction of sp³-hybridized carbons (Fsp3) is 0.250. The topological polar surface area (TPSA) is 123 Å². The summed E-state index contributed by atoms with van der Waals surface area (Å²) >= 11 is 0. The minimum absolute atomic E-state index is 0.104. The summed E-state index contributed by atoms with van der Waals surface area (Å²) in [5, 5.41) is 6.10. The zero-order valence-corrected chi connectivity index (χ0v) is 12.9. The van der Waals surface area contributed by atoms with Crippen LogP contribution < -0.4 is 10.5 Å². The molecule has 0 radical (unpaired) electrons. The van der Waals surface area contributed by atoms with Crippen molar-refractivity contribution in [1.82, 2.24) is 0 Å². The summed E-state index contributed by atoms with van der Waals surface area (Å²) < 4.78 is 45.6. The van der Waals surface area contributed by atoms with Gasteiger partial charge in [-0.2, -0.15) is 0 Å². The fourth-order valence-corrected chi connectivity index (χ4v) is 2.96. The van der Waals surface area contributed by atoms with Gasteiger partial charge in [0.25, 0.3) is 0 Å². The number of benzene rings is 1. The molecule has 3 N–H and O–H groups in total. The van der Waals surface area contributed by atoms with Crippen LogP contribution in [0, 0.1) is 0 Å². The Morgan fingerprint density at radius 3 is 2.24 bits per heavy atom. The normalized spacial score (nSPS) is 13.4. The quantitative estimate of drug-likeness (QED) is 0.723. The standard InChI is InChI=1S/C12H16N2O5S2/c1-3-8-20(16,17)9(2)12(15)14-10-4-6-11(7-5-10)21(13,18)19/h3-7,9H,1,8H2,2H3,(H,14,15)(H2,13,18,19). The van der Waals surface area contributed by atoms with Crippen molar-refractivity contribution >= 4 is 31.5 Å². The molecule has 21 heavy (non-hydrogen) atoms. The molecule has 0 aliphatic rings. The average molecular weight is 332 g/mol. The van der Waals surface area contributed by atoms with Crippen molar-refractivity contribution in [3.05, 3.63) is 36.9 Å². The van der Waals surface area contributed by atoms with Crippen LogP contribution in [0.15, 0.2) is 41.8 Å². The maximum Gasteiger partial charge on any atom is 0.242 e. The molecule has 0 aromatic heterocycles. The number of nitrogens with one attached hydrogen (secondary N) is 1. The van der Waals surface area contributed by atoms with Gasteiger partial charge in [-0.15, -0.1) is 6.58 Å². The number of amides is 1. The van der Waals surface area contributed by atoms with Crippen molar-refractivity contribution in [1.29, 1.82) is 0 Å². The van der Waals surface area contributed by atoms with Crippen molar-refractivity contribution in [3.63, 3.8) is 0 Å². The van der Waals surface area contributed by atoms with Crippen LogP contribution in [0.1, 0.15) is 6.92 Å². The van der Waals surface area contributed by atoms with Crippen LogP contribution in [0.5, 0.6) is 0 Å². The summed E-state index contributed by atoms with van der Waals surface area (Å²) in [5.74, 6) is -1.01. The molecule has 0 fully saturated rings. The average Bonchev–Trinajstić information content (AvgIpc) is 2.37. The Hall–Kier alpha value is -1.71. The summed E-state index contributed by atoms with van der Waals surface area (Å²) in [6, 6.07) is 5.08. The van der Waals surface area contributed by atoms with E-state index in [4.69, 9.17) is 5.14 Å². The van der Waals surface area contributed by atoms with Crippen LogP contribution in [-0.2, 0) is 24.7 Å². The highest BCUT2D eigenvalue weighted by molar-refractivity contribution is 7.92. The molecule has 0 heterocycles. The Morgan fingerprint density at radius 2 is 1.81 bits per heavy atom. The number of hydrogen-bond acceptors (Lipinski definition) is 5. The van der Waals surface area contributed by atoms with E-state index in [0.29, 0.717) is 0 Å². The molecule has 0 saturated heterocycles. The van der Waals surface area contributed by atoms with E-state index in [1.54, 1.807) is 0 Å². The molecule has 1 atom stereocenters. The van der Waals surface area contributed by atoms with E-state index in [2.05, 4.69) is 11.9 Å². The van der Waals surface area contributed by atoms with E-state index in [-0.39, 0.29) is 16.3 Å². The summed E-state index contributed by atoms with van der Waals surface area (Å²) in [4.78, 5) is 11.7. The largest absolute Gasteiger partial charge is 0.325 e. The molecule has 0 aliphatic heterocycles. The van der Waals surface area contributed by atoms with Gasteiger partial charge in [-0.1, -0.05) is 6.08 Å². The van der Waals surface area contributed by atoms with Crippen LogP contribution in [0.2, 0.25) is 0 Å². The molecule has 1 unspecified atom stereocenters. The molecule has 9 heteroatoms. The van der Waals surface area contributed by atoms with Gasteiger partial charge in [-0.25, -0.2) is 22.0 Å². The molecule has 116 valence electrons. The van der Waals surface area contributed by atoms with Crippen LogP contribution >= 0.6 is 0 Å². The summed E-state index contributed by atoms with van der Waals surface area (Å²) in [7, 11) is -7.42. The third-order valence-electron chi connectivity index (χ3n) is 2.71. The van der Waals surface area contributed by atoms with E-state index in [1.165, 1.54) is 37.3 Å². The second-order valence-electron chi connectivity index (χ2n) is 4.32. The van der Waals surface area contributed by atoms with E-state index in [9.17, 15) is 21.6 Å². The predicted octanol–water partition coefficient (Wildman–Crippen LogP) is 0.262. The second kappa shape index (κ2) is 6.37. The molecular formula is C12H16N2O5S2. The monoisotopic (exact) mass is 332 g/mol. The van der Waals surface area contributed by atoms with Crippen LogP contribution in [-0.4, -0.2) is 33.7 Å². The molecule has 0 saturated carbocycles. The lowest BCUT2D eigenvalue weighted by Gasteiger charge is -2.12. The Kier molecular flexibility index (Phi) is 5.26. The zero-order valence-electron chi connectivity index (χ0n) is 11.3. The highest BCUT2D eigenvalue weighted by Gasteiger charge is 2.26. The predicted molar refractivity (Wildman–Crippen MR) is 79.9 cm³/mol. The molecule has 0 aliphatic carbocycles. The van der Waals surface area contributed by atoms with E-state index >= 15 is 0 Å². The number of sulfonamides is 1. The molecule has 0 bridgehead atoms. The first-order chi connectivity index (χ1) is 9.58. The molecule has 1 amide bonds. The van der Waals surface area contributed by atoms with E-state index in [1.807, 2.05) is 0 Å². The van der Waals surface area contributed by atoms with Gasteiger partial charge in [0.15, 0.2) is 9.84 Å². The van der Waals surface area contributed by atoms with Gasteiger partial charge in [0.1, 0.15) is 5.25 Å². The zero-order chi connectivity index (χ0) is 16.3. The number of nitrogens with two attached hydrogens (primary N) is 1. The Labute approximate surface area is 123 Å². The van der Waals surface area contributed by atoms with Gasteiger partial charge >= 0.3 is 0 Å². The Bertz CT molecular complexity index is 736.